The molecule has 184 valence electrons. The van der Waals surface area contributed by atoms with Crippen LogP contribution in [0.5, 0.6) is 0 Å². The smallest absolute Gasteiger partial charge is 0.410 e. The van der Waals surface area contributed by atoms with Gasteiger partial charge in [0.1, 0.15) is 5.60 Å². The molecule has 2 aromatic rings. The van der Waals surface area contributed by atoms with Gasteiger partial charge < -0.3 is 19.4 Å². The highest BCUT2D eigenvalue weighted by atomic mass is 16.6. The number of nitrogens with one attached hydrogen (secondary N) is 1. The van der Waals surface area contributed by atoms with Gasteiger partial charge in [0, 0.05) is 45.1 Å². The third-order valence-corrected chi connectivity index (χ3v) is 5.73. The summed E-state index contributed by atoms with van der Waals surface area (Å²) >= 11 is 0. The van der Waals surface area contributed by atoms with Crippen molar-refractivity contribution in [2.24, 2.45) is 5.92 Å². The Bertz CT molecular complexity index is 929. The van der Waals surface area contributed by atoms with Gasteiger partial charge in [-0.05, 0) is 51.4 Å². The molecule has 8 nitrogen and oxygen atoms in total. The van der Waals surface area contributed by atoms with E-state index in [0.717, 1.165) is 5.56 Å². The number of carbonyl (C=O) groups excluding carboxylic acids is 3. The van der Waals surface area contributed by atoms with E-state index in [0.29, 0.717) is 45.7 Å². The van der Waals surface area contributed by atoms with Crippen molar-refractivity contribution < 1.29 is 23.5 Å². The number of amides is 2. The molecular weight excluding hydrogens is 434 g/mol. The van der Waals surface area contributed by atoms with Crippen LogP contribution in [0.4, 0.5) is 4.79 Å². The van der Waals surface area contributed by atoms with Gasteiger partial charge in [0.25, 0.3) is 0 Å². The van der Waals surface area contributed by atoms with Crippen LogP contribution in [0.15, 0.2) is 53.1 Å². The van der Waals surface area contributed by atoms with Crippen LogP contribution in [-0.4, -0.2) is 65.9 Å². The summed E-state index contributed by atoms with van der Waals surface area (Å²) in [7, 11) is 0. The molecule has 2 amide bonds. The minimum absolute atomic E-state index is 0.0893. The van der Waals surface area contributed by atoms with Gasteiger partial charge in [-0.2, -0.15) is 0 Å². The second kappa shape index (κ2) is 11.8. The van der Waals surface area contributed by atoms with Crippen LogP contribution in [0.2, 0.25) is 0 Å². The van der Waals surface area contributed by atoms with Gasteiger partial charge in [0.15, 0.2) is 11.5 Å². The number of carbonyl (C=O) groups is 3. The standard InChI is InChI=1S/C26H35N3O5/c1-26(2,3)34-25(32)29-15-13-28(14-16-29)12-11-21(18-22(30)23-10-7-17-33-23)24(31)27-19-20-8-5-4-6-9-20/h4-10,17,21H,11-16,18-19H2,1-3H3,(H,27,31)/t21-/m1/s1. The maximum atomic E-state index is 13.0. The normalized spacial score (nSPS) is 15.6. The molecular formula is C26H35N3O5. The Morgan fingerprint density at radius 1 is 1.03 bits per heavy atom. The maximum Gasteiger partial charge on any atom is 0.410 e. The van der Waals surface area contributed by atoms with Crippen molar-refractivity contribution in [3.8, 4) is 0 Å². The molecule has 0 bridgehead atoms. The highest BCUT2D eigenvalue weighted by Crippen LogP contribution is 2.17. The first kappa shape index (κ1) is 25.5. The van der Waals surface area contributed by atoms with Gasteiger partial charge in [-0.15, -0.1) is 0 Å². The Labute approximate surface area is 201 Å². The fourth-order valence-corrected chi connectivity index (χ4v) is 3.84. The van der Waals surface area contributed by atoms with E-state index >= 15 is 0 Å². The van der Waals surface area contributed by atoms with E-state index in [9.17, 15) is 14.4 Å². The molecule has 1 aliphatic heterocycles. The van der Waals surface area contributed by atoms with Crippen LogP contribution in [0, 0.1) is 5.92 Å². The molecule has 1 N–H and O–H groups in total. The molecule has 1 fully saturated rings. The van der Waals surface area contributed by atoms with Crippen LogP contribution in [0.25, 0.3) is 0 Å². The SMILES string of the molecule is CC(C)(C)OC(=O)N1CCN(CC[C@H](CC(=O)c2ccco2)C(=O)NCc2ccccc2)CC1. The van der Waals surface area contributed by atoms with Crippen molar-refractivity contribution in [2.45, 2.75) is 45.8 Å². The zero-order valence-electron chi connectivity index (χ0n) is 20.3. The van der Waals surface area contributed by atoms with Crippen LogP contribution in [-0.2, 0) is 16.1 Å². The third kappa shape index (κ3) is 8.02. The first-order valence-electron chi connectivity index (χ1n) is 11.8. The van der Waals surface area contributed by atoms with E-state index in [1.165, 1.54) is 6.26 Å². The molecule has 3 rings (SSSR count). The molecule has 0 aliphatic carbocycles. The van der Waals surface area contributed by atoms with E-state index in [2.05, 4.69) is 10.2 Å². The number of ether oxygens (including phenoxy) is 1. The fourth-order valence-electron chi connectivity index (χ4n) is 3.84. The lowest BCUT2D eigenvalue weighted by atomic mass is 9.96. The summed E-state index contributed by atoms with van der Waals surface area (Å²) in [6.07, 6.45) is 1.79. The first-order valence-corrected chi connectivity index (χ1v) is 11.8. The van der Waals surface area contributed by atoms with E-state index in [1.54, 1.807) is 17.0 Å². The number of piperazine rings is 1. The van der Waals surface area contributed by atoms with E-state index in [-0.39, 0.29) is 30.0 Å². The summed E-state index contributed by atoms with van der Waals surface area (Å²) in [5.74, 6) is -0.521. The lowest BCUT2D eigenvalue weighted by Gasteiger charge is -2.36. The Hall–Kier alpha value is -3.13. The van der Waals surface area contributed by atoms with Crippen molar-refractivity contribution in [3.05, 3.63) is 60.1 Å². The Morgan fingerprint density at radius 2 is 1.74 bits per heavy atom. The third-order valence-electron chi connectivity index (χ3n) is 5.73. The summed E-state index contributed by atoms with van der Waals surface area (Å²) in [6, 6.07) is 13.0. The molecule has 1 aromatic heterocycles. The number of hydrogen-bond donors (Lipinski definition) is 1. The fraction of sp³-hybridized carbons (Fsp3) is 0.500. The number of benzene rings is 1. The van der Waals surface area contributed by atoms with E-state index in [4.69, 9.17) is 9.15 Å². The largest absolute Gasteiger partial charge is 0.461 e. The number of nitrogens with zero attached hydrogens (tertiary/aromatic N) is 2. The monoisotopic (exact) mass is 469 g/mol. The van der Waals surface area contributed by atoms with E-state index < -0.39 is 11.5 Å². The van der Waals surface area contributed by atoms with Gasteiger partial charge in [-0.3, -0.25) is 14.5 Å². The molecule has 0 spiro atoms. The number of ketones is 1. The molecule has 1 aliphatic rings. The van der Waals surface area contributed by atoms with Crippen molar-refractivity contribution >= 4 is 17.8 Å². The second-order valence-corrected chi connectivity index (χ2v) is 9.60. The molecule has 0 saturated carbocycles. The molecule has 1 saturated heterocycles. The quantitative estimate of drug-likeness (QED) is 0.563. The van der Waals surface area contributed by atoms with Crippen molar-refractivity contribution in [2.75, 3.05) is 32.7 Å². The van der Waals surface area contributed by atoms with Gasteiger partial charge in [-0.1, -0.05) is 30.3 Å². The average Bonchev–Trinajstić information content (AvgIpc) is 3.35. The molecule has 1 atom stereocenters. The minimum atomic E-state index is -0.519. The molecule has 2 heterocycles. The molecule has 34 heavy (non-hydrogen) atoms. The molecule has 0 radical (unpaired) electrons. The average molecular weight is 470 g/mol. The second-order valence-electron chi connectivity index (χ2n) is 9.60. The summed E-state index contributed by atoms with van der Waals surface area (Å²) in [5, 5.41) is 2.97. The van der Waals surface area contributed by atoms with E-state index in [1.807, 2.05) is 51.1 Å². The Morgan fingerprint density at radius 3 is 2.35 bits per heavy atom. The predicted octanol–water partition coefficient (Wildman–Crippen LogP) is 3.73. The summed E-state index contributed by atoms with van der Waals surface area (Å²) in [4.78, 5) is 41.8. The zero-order chi connectivity index (χ0) is 24.6. The lowest BCUT2D eigenvalue weighted by molar-refractivity contribution is -0.125. The van der Waals surface area contributed by atoms with Gasteiger partial charge in [0.05, 0.1) is 6.26 Å². The lowest BCUT2D eigenvalue weighted by Crippen LogP contribution is -2.50. The van der Waals surface area contributed by atoms with Gasteiger partial charge in [0.2, 0.25) is 5.91 Å². The zero-order valence-corrected chi connectivity index (χ0v) is 20.3. The summed E-state index contributed by atoms with van der Waals surface area (Å²) < 4.78 is 10.7. The van der Waals surface area contributed by atoms with Crippen molar-refractivity contribution in [1.82, 2.24) is 15.1 Å². The number of furan rings is 1. The Kier molecular flexibility index (Phi) is 8.87. The molecule has 0 unspecified atom stereocenters. The van der Waals surface area contributed by atoms with Crippen molar-refractivity contribution in [1.29, 1.82) is 0 Å². The van der Waals surface area contributed by atoms with Crippen LogP contribution in [0.3, 0.4) is 0 Å². The topological polar surface area (TPSA) is 92.1 Å². The first-order chi connectivity index (χ1) is 16.2. The molecule has 1 aromatic carbocycles. The van der Waals surface area contributed by atoms with Crippen LogP contribution in [0.1, 0.15) is 49.7 Å². The highest BCUT2D eigenvalue weighted by Gasteiger charge is 2.28. The minimum Gasteiger partial charge on any atom is -0.461 e. The van der Waals surface area contributed by atoms with Gasteiger partial charge >= 0.3 is 6.09 Å². The number of hydrogen-bond acceptors (Lipinski definition) is 6. The highest BCUT2D eigenvalue weighted by molar-refractivity contribution is 5.96. The number of Topliss-reactive ketones (excluding diaryl/α,β-unsaturated/α-hetero) is 1. The van der Waals surface area contributed by atoms with Crippen molar-refractivity contribution in [3.63, 3.8) is 0 Å². The predicted molar refractivity (Wildman–Crippen MR) is 128 cm³/mol. The summed E-state index contributed by atoms with van der Waals surface area (Å²) in [6.45, 7) is 9.19. The van der Waals surface area contributed by atoms with Gasteiger partial charge in [-0.25, -0.2) is 4.79 Å². The molecule has 8 heteroatoms. The number of rotatable bonds is 9. The Balaban J connectivity index is 1.53. The maximum absolute atomic E-state index is 13.0. The van der Waals surface area contributed by atoms with Crippen LogP contribution < -0.4 is 5.32 Å². The summed E-state index contributed by atoms with van der Waals surface area (Å²) in [5.41, 5.74) is 0.486. The van der Waals surface area contributed by atoms with Crippen LogP contribution >= 0.6 is 0 Å².